The van der Waals surface area contributed by atoms with Crippen LogP contribution in [0.15, 0.2) is 16.8 Å². The van der Waals surface area contributed by atoms with E-state index in [1.807, 2.05) is 6.92 Å². The molecule has 2 rings (SSSR count). The van der Waals surface area contributed by atoms with Crippen LogP contribution in [0.4, 0.5) is 5.95 Å². The fourth-order valence-electron chi connectivity index (χ4n) is 1.22. The molecule has 0 aliphatic heterocycles. The molecule has 7 heteroatoms. The summed E-state index contributed by atoms with van der Waals surface area (Å²) >= 11 is 0. The van der Waals surface area contributed by atoms with Crippen LogP contribution in [0.1, 0.15) is 18.6 Å². The number of aryl methyl sites for hydroxylation is 1. The molecule has 0 spiro atoms. The van der Waals surface area contributed by atoms with E-state index in [2.05, 4.69) is 25.4 Å². The predicted octanol–water partition coefficient (Wildman–Crippen LogP) is 1.18. The summed E-state index contributed by atoms with van der Waals surface area (Å²) in [6, 6.07) is 1.70. The van der Waals surface area contributed by atoms with E-state index in [0.717, 1.165) is 0 Å². The lowest BCUT2D eigenvalue weighted by molar-refractivity contribution is 0.326. The van der Waals surface area contributed by atoms with Gasteiger partial charge in [-0.25, -0.2) is 4.98 Å². The van der Waals surface area contributed by atoms with E-state index in [-0.39, 0.29) is 0 Å². The standard InChI is InChI=1S/C10H13N5O2/c1-3-16-8-4-5-11-10(14-8)12-6-9-13-7(2)15-17-9/h4-5H,3,6H2,1-2H3,(H,11,12,14). The number of nitrogens with zero attached hydrogens (tertiary/aromatic N) is 4. The van der Waals surface area contributed by atoms with Crippen molar-refractivity contribution in [3.63, 3.8) is 0 Å². The normalized spacial score (nSPS) is 10.2. The summed E-state index contributed by atoms with van der Waals surface area (Å²) in [7, 11) is 0. The summed E-state index contributed by atoms with van der Waals surface area (Å²) in [5.74, 6) is 2.09. The summed E-state index contributed by atoms with van der Waals surface area (Å²) in [5.41, 5.74) is 0. The van der Waals surface area contributed by atoms with Gasteiger partial charge in [0.15, 0.2) is 5.82 Å². The Bertz CT molecular complexity index is 485. The van der Waals surface area contributed by atoms with Crippen molar-refractivity contribution in [1.29, 1.82) is 0 Å². The molecule has 0 fully saturated rings. The highest BCUT2D eigenvalue weighted by Gasteiger charge is 2.04. The zero-order valence-electron chi connectivity index (χ0n) is 9.67. The van der Waals surface area contributed by atoms with Crippen LogP contribution in [0.25, 0.3) is 0 Å². The molecule has 2 aromatic rings. The lowest BCUT2D eigenvalue weighted by Crippen LogP contribution is -2.05. The maximum atomic E-state index is 5.26. The zero-order chi connectivity index (χ0) is 12.1. The number of rotatable bonds is 5. The van der Waals surface area contributed by atoms with Crippen LogP contribution >= 0.6 is 0 Å². The number of hydrogen-bond acceptors (Lipinski definition) is 7. The van der Waals surface area contributed by atoms with Gasteiger partial charge in [0, 0.05) is 12.3 Å². The van der Waals surface area contributed by atoms with E-state index in [1.54, 1.807) is 19.2 Å². The Hall–Kier alpha value is -2.18. The first-order valence-corrected chi connectivity index (χ1v) is 5.27. The number of hydrogen-bond donors (Lipinski definition) is 1. The molecule has 90 valence electrons. The molecule has 0 unspecified atom stereocenters. The van der Waals surface area contributed by atoms with Gasteiger partial charge in [-0.1, -0.05) is 5.16 Å². The van der Waals surface area contributed by atoms with Crippen molar-refractivity contribution in [2.75, 3.05) is 11.9 Å². The van der Waals surface area contributed by atoms with E-state index in [0.29, 0.717) is 36.7 Å². The van der Waals surface area contributed by atoms with Gasteiger partial charge in [-0.3, -0.25) is 0 Å². The number of aromatic nitrogens is 4. The Morgan fingerprint density at radius 1 is 1.41 bits per heavy atom. The van der Waals surface area contributed by atoms with Gasteiger partial charge in [0.1, 0.15) is 0 Å². The van der Waals surface area contributed by atoms with Crippen molar-refractivity contribution in [1.82, 2.24) is 20.1 Å². The maximum absolute atomic E-state index is 5.26. The van der Waals surface area contributed by atoms with Crippen molar-refractivity contribution in [3.05, 3.63) is 24.0 Å². The van der Waals surface area contributed by atoms with E-state index in [4.69, 9.17) is 9.26 Å². The predicted molar refractivity (Wildman–Crippen MR) is 59.6 cm³/mol. The van der Waals surface area contributed by atoms with Crippen LogP contribution in [-0.4, -0.2) is 26.7 Å². The van der Waals surface area contributed by atoms with E-state index >= 15 is 0 Å². The third-order valence-electron chi connectivity index (χ3n) is 1.89. The first kappa shape index (κ1) is 11.3. The summed E-state index contributed by atoms with van der Waals surface area (Å²) in [6.45, 7) is 4.62. The van der Waals surface area contributed by atoms with Gasteiger partial charge in [0.25, 0.3) is 0 Å². The molecule has 0 aliphatic rings. The van der Waals surface area contributed by atoms with Gasteiger partial charge in [0.2, 0.25) is 17.7 Å². The Morgan fingerprint density at radius 3 is 3.00 bits per heavy atom. The van der Waals surface area contributed by atoms with Crippen molar-refractivity contribution < 1.29 is 9.26 Å². The van der Waals surface area contributed by atoms with E-state index in [1.165, 1.54) is 0 Å². The smallest absolute Gasteiger partial charge is 0.246 e. The van der Waals surface area contributed by atoms with Crippen LogP contribution in [0.5, 0.6) is 5.88 Å². The maximum Gasteiger partial charge on any atom is 0.246 e. The Labute approximate surface area is 98.2 Å². The SMILES string of the molecule is CCOc1ccnc(NCc2nc(C)no2)n1. The molecule has 0 atom stereocenters. The molecule has 0 saturated carbocycles. The highest BCUT2D eigenvalue weighted by Crippen LogP contribution is 2.08. The topological polar surface area (TPSA) is 86.0 Å². The molecule has 0 radical (unpaired) electrons. The van der Waals surface area contributed by atoms with Crippen LogP contribution in [-0.2, 0) is 6.54 Å². The fourth-order valence-corrected chi connectivity index (χ4v) is 1.22. The minimum absolute atomic E-state index is 0.385. The molecule has 17 heavy (non-hydrogen) atoms. The lowest BCUT2D eigenvalue weighted by atomic mass is 10.6. The van der Waals surface area contributed by atoms with Crippen LogP contribution < -0.4 is 10.1 Å². The quantitative estimate of drug-likeness (QED) is 0.832. The van der Waals surface area contributed by atoms with Crippen LogP contribution in [0, 0.1) is 6.92 Å². The molecule has 0 amide bonds. The molecule has 2 heterocycles. The summed E-state index contributed by atoms with van der Waals surface area (Å²) in [4.78, 5) is 12.3. The first-order valence-electron chi connectivity index (χ1n) is 5.27. The van der Waals surface area contributed by atoms with Crippen molar-refractivity contribution in [3.8, 4) is 5.88 Å². The summed E-state index contributed by atoms with van der Waals surface area (Å²) in [6.07, 6.45) is 1.62. The first-order chi connectivity index (χ1) is 8.28. The molecule has 0 bridgehead atoms. The second-order valence-corrected chi connectivity index (χ2v) is 3.24. The molecular formula is C10H13N5O2. The van der Waals surface area contributed by atoms with Crippen molar-refractivity contribution in [2.24, 2.45) is 0 Å². The van der Waals surface area contributed by atoms with Crippen molar-refractivity contribution in [2.45, 2.75) is 20.4 Å². The zero-order valence-corrected chi connectivity index (χ0v) is 9.67. The third-order valence-corrected chi connectivity index (χ3v) is 1.89. The number of ether oxygens (including phenoxy) is 1. The second kappa shape index (κ2) is 5.24. The third kappa shape index (κ3) is 3.13. The largest absolute Gasteiger partial charge is 0.478 e. The lowest BCUT2D eigenvalue weighted by Gasteiger charge is -2.04. The number of nitrogens with one attached hydrogen (secondary N) is 1. The van der Waals surface area contributed by atoms with Gasteiger partial charge in [-0.05, 0) is 13.8 Å². The van der Waals surface area contributed by atoms with Gasteiger partial charge >= 0.3 is 0 Å². The second-order valence-electron chi connectivity index (χ2n) is 3.24. The van der Waals surface area contributed by atoms with E-state index < -0.39 is 0 Å². The number of anilines is 1. The Morgan fingerprint density at radius 2 is 2.29 bits per heavy atom. The molecule has 1 N–H and O–H groups in total. The minimum atomic E-state index is 0.385. The molecule has 0 aliphatic carbocycles. The van der Waals surface area contributed by atoms with Gasteiger partial charge < -0.3 is 14.6 Å². The summed E-state index contributed by atoms with van der Waals surface area (Å²) in [5, 5.41) is 6.66. The van der Waals surface area contributed by atoms with Gasteiger partial charge in [-0.2, -0.15) is 9.97 Å². The highest BCUT2D eigenvalue weighted by atomic mass is 16.5. The summed E-state index contributed by atoms with van der Waals surface area (Å²) < 4.78 is 10.2. The molecule has 0 saturated heterocycles. The molecule has 2 aromatic heterocycles. The molecular weight excluding hydrogens is 222 g/mol. The highest BCUT2D eigenvalue weighted by molar-refractivity contribution is 5.27. The van der Waals surface area contributed by atoms with Gasteiger partial charge in [0.05, 0.1) is 13.2 Å². The van der Waals surface area contributed by atoms with Crippen LogP contribution in [0.3, 0.4) is 0 Å². The van der Waals surface area contributed by atoms with E-state index in [9.17, 15) is 0 Å². The van der Waals surface area contributed by atoms with Crippen molar-refractivity contribution >= 4 is 5.95 Å². The molecule has 0 aromatic carbocycles. The minimum Gasteiger partial charge on any atom is -0.478 e. The Balaban J connectivity index is 1.96. The monoisotopic (exact) mass is 235 g/mol. The van der Waals surface area contributed by atoms with Gasteiger partial charge in [-0.15, -0.1) is 0 Å². The van der Waals surface area contributed by atoms with Crippen LogP contribution in [0.2, 0.25) is 0 Å². The fraction of sp³-hybridized carbons (Fsp3) is 0.400. The average molecular weight is 235 g/mol. The average Bonchev–Trinajstić information content (AvgIpc) is 2.74. The Kier molecular flexibility index (Phi) is 3.49. The molecule has 7 nitrogen and oxygen atoms in total.